The zero-order valence-corrected chi connectivity index (χ0v) is 7.79. The van der Waals surface area contributed by atoms with Crippen molar-refractivity contribution in [2.45, 2.75) is 25.7 Å². The van der Waals surface area contributed by atoms with Crippen LogP contribution in [0.2, 0.25) is 0 Å². The summed E-state index contributed by atoms with van der Waals surface area (Å²) in [5, 5.41) is 0. The smallest absolute Gasteiger partial charge is 0.00743 e. The molecule has 2 aliphatic carbocycles. The van der Waals surface area contributed by atoms with E-state index in [2.05, 4.69) is 36.4 Å². The van der Waals surface area contributed by atoms with Crippen molar-refractivity contribution in [2.75, 3.05) is 0 Å². The molecule has 1 aromatic rings. The van der Waals surface area contributed by atoms with Crippen molar-refractivity contribution in [3.63, 3.8) is 0 Å². The van der Waals surface area contributed by atoms with Gasteiger partial charge in [-0.15, -0.1) is 0 Å². The van der Waals surface area contributed by atoms with E-state index in [0.717, 1.165) is 0 Å². The molecule has 0 heteroatoms. The van der Waals surface area contributed by atoms with E-state index >= 15 is 0 Å². The van der Waals surface area contributed by atoms with E-state index in [4.69, 9.17) is 0 Å². The average molecular weight is 170 g/mol. The second-order valence-corrected chi connectivity index (χ2v) is 4.42. The van der Waals surface area contributed by atoms with Gasteiger partial charge in [-0.1, -0.05) is 42.8 Å². The first kappa shape index (κ1) is 7.37. The van der Waals surface area contributed by atoms with Gasteiger partial charge in [0, 0.05) is 0 Å². The Kier molecular flexibility index (Phi) is 1.40. The van der Waals surface area contributed by atoms with Crippen molar-refractivity contribution in [2.24, 2.45) is 5.41 Å². The molecule has 1 spiro atoms. The van der Waals surface area contributed by atoms with E-state index in [-0.39, 0.29) is 0 Å². The molecule has 0 N–H and O–H groups in total. The summed E-state index contributed by atoms with van der Waals surface area (Å²) in [5.74, 6) is 0. The zero-order chi connectivity index (χ0) is 8.73. The molecular weight excluding hydrogens is 156 g/mol. The molecule has 0 nitrogen and oxygen atoms in total. The van der Waals surface area contributed by atoms with Crippen molar-refractivity contribution >= 4 is 6.08 Å². The van der Waals surface area contributed by atoms with Gasteiger partial charge in [0.2, 0.25) is 0 Å². The first-order valence-corrected chi connectivity index (χ1v) is 5.15. The Bertz CT molecular complexity index is 356. The number of fused-ring (bicyclic) bond motifs is 1. The van der Waals surface area contributed by atoms with Crippen LogP contribution in [-0.2, 0) is 6.42 Å². The van der Waals surface area contributed by atoms with E-state index in [1.165, 1.54) is 31.2 Å². The highest BCUT2D eigenvalue weighted by atomic mass is 14.4. The summed E-state index contributed by atoms with van der Waals surface area (Å²) >= 11 is 0. The Morgan fingerprint density at radius 1 is 1.08 bits per heavy atom. The van der Waals surface area contributed by atoms with Gasteiger partial charge in [0.05, 0.1) is 0 Å². The fourth-order valence-corrected chi connectivity index (χ4v) is 2.54. The molecule has 0 radical (unpaired) electrons. The average Bonchev–Trinajstić information content (AvgIpc) is 2.15. The van der Waals surface area contributed by atoms with Crippen LogP contribution in [0.25, 0.3) is 6.08 Å². The van der Waals surface area contributed by atoms with Crippen LogP contribution >= 0.6 is 0 Å². The summed E-state index contributed by atoms with van der Waals surface area (Å²) in [7, 11) is 0. The Labute approximate surface area is 79.3 Å². The molecule has 0 unspecified atom stereocenters. The van der Waals surface area contributed by atoms with Crippen LogP contribution in [-0.4, -0.2) is 0 Å². The quantitative estimate of drug-likeness (QED) is 0.559. The first-order chi connectivity index (χ1) is 6.38. The van der Waals surface area contributed by atoms with Gasteiger partial charge in [0.15, 0.2) is 0 Å². The van der Waals surface area contributed by atoms with Crippen molar-refractivity contribution in [1.82, 2.24) is 0 Å². The van der Waals surface area contributed by atoms with Crippen LogP contribution in [0.3, 0.4) is 0 Å². The number of allylic oxidation sites excluding steroid dienone is 1. The normalized spacial score (nSPS) is 22.5. The molecule has 66 valence electrons. The third-order valence-corrected chi connectivity index (χ3v) is 3.56. The van der Waals surface area contributed by atoms with E-state index in [9.17, 15) is 0 Å². The maximum absolute atomic E-state index is 2.44. The fourth-order valence-electron chi connectivity index (χ4n) is 2.54. The second-order valence-electron chi connectivity index (χ2n) is 4.42. The maximum atomic E-state index is 2.44. The second kappa shape index (κ2) is 2.47. The molecule has 3 rings (SSSR count). The lowest BCUT2D eigenvalue weighted by atomic mass is 9.63. The maximum Gasteiger partial charge on any atom is -0.00743 e. The van der Waals surface area contributed by atoms with Crippen LogP contribution in [0.1, 0.15) is 30.4 Å². The fraction of sp³-hybridized carbons (Fsp3) is 0.385. The molecule has 2 aliphatic rings. The Morgan fingerprint density at radius 2 is 1.92 bits per heavy atom. The molecular formula is C13H14. The van der Waals surface area contributed by atoms with Crippen LogP contribution in [0.5, 0.6) is 0 Å². The monoisotopic (exact) mass is 170 g/mol. The largest absolute Gasteiger partial charge is 0.0774 e. The Balaban J connectivity index is 2.03. The lowest BCUT2D eigenvalue weighted by Crippen LogP contribution is -2.31. The SMILES string of the molecule is C1=CC2(CCC2)Cc2ccccc21. The van der Waals surface area contributed by atoms with Crippen LogP contribution in [0.4, 0.5) is 0 Å². The number of rotatable bonds is 0. The van der Waals surface area contributed by atoms with Crippen molar-refractivity contribution in [3.05, 3.63) is 41.5 Å². The van der Waals surface area contributed by atoms with Crippen molar-refractivity contribution in [3.8, 4) is 0 Å². The topological polar surface area (TPSA) is 0 Å². The molecule has 1 fully saturated rings. The Hall–Kier alpha value is -1.04. The number of hydrogen-bond donors (Lipinski definition) is 0. The van der Waals surface area contributed by atoms with Crippen LogP contribution in [0, 0.1) is 5.41 Å². The molecule has 13 heavy (non-hydrogen) atoms. The summed E-state index contributed by atoms with van der Waals surface area (Å²) in [5.41, 5.74) is 3.54. The van der Waals surface area contributed by atoms with Crippen LogP contribution < -0.4 is 0 Å². The van der Waals surface area contributed by atoms with Gasteiger partial charge in [-0.2, -0.15) is 0 Å². The highest BCUT2D eigenvalue weighted by Gasteiger charge is 2.36. The molecule has 1 saturated carbocycles. The van der Waals surface area contributed by atoms with E-state index < -0.39 is 0 Å². The third-order valence-electron chi connectivity index (χ3n) is 3.56. The van der Waals surface area contributed by atoms with E-state index in [1.54, 1.807) is 5.56 Å². The lowest BCUT2D eigenvalue weighted by Gasteiger charge is -2.42. The third kappa shape index (κ3) is 1.05. The van der Waals surface area contributed by atoms with Gasteiger partial charge >= 0.3 is 0 Å². The molecule has 0 atom stereocenters. The van der Waals surface area contributed by atoms with Gasteiger partial charge in [-0.25, -0.2) is 0 Å². The summed E-state index contributed by atoms with van der Waals surface area (Å²) in [6.45, 7) is 0. The summed E-state index contributed by atoms with van der Waals surface area (Å²) < 4.78 is 0. The molecule has 0 amide bonds. The minimum Gasteiger partial charge on any atom is -0.0774 e. The van der Waals surface area contributed by atoms with Gasteiger partial charge in [0.1, 0.15) is 0 Å². The van der Waals surface area contributed by atoms with Gasteiger partial charge < -0.3 is 0 Å². The van der Waals surface area contributed by atoms with Crippen LogP contribution in [0.15, 0.2) is 30.3 Å². The minimum atomic E-state index is 0.564. The highest BCUT2D eigenvalue weighted by molar-refractivity contribution is 5.58. The molecule has 0 bridgehead atoms. The molecule has 1 aromatic carbocycles. The summed E-state index contributed by atoms with van der Waals surface area (Å²) in [6.07, 6.45) is 10.3. The lowest BCUT2D eigenvalue weighted by molar-refractivity contribution is 0.202. The zero-order valence-electron chi connectivity index (χ0n) is 7.79. The molecule has 0 aliphatic heterocycles. The summed E-state index contributed by atoms with van der Waals surface area (Å²) in [6, 6.07) is 8.78. The van der Waals surface area contributed by atoms with Gasteiger partial charge in [-0.05, 0) is 35.8 Å². The molecule has 0 aromatic heterocycles. The highest BCUT2D eigenvalue weighted by Crippen LogP contribution is 2.47. The van der Waals surface area contributed by atoms with Gasteiger partial charge in [-0.3, -0.25) is 0 Å². The van der Waals surface area contributed by atoms with E-state index in [1.807, 2.05) is 0 Å². The number of hydrogen-bond acceptors (Lipinski definition) is 0. The van der Waals surface area contributed by atoms with Crippen molar-refractivity contribution < 1.29 is 0 Å². The molecule has 0 heterocycles. The standard InChI is InChI=1S/C13H14/c1-2-5-12-10-13(7-3-8-13)9-6-11(12)4-1/h1-2,4-6,9H,3,7-8,10H2. The molecule has 0 saturated heterocycles. The predicted octanol–water partition coefficient (Wildman–Crippen LogP) is 3.43. The van der Waals surface area contributed by atoms with E-state index in [0.29, 0.717) is 5.41 Å². The van der Waals surface area contributed by atoms with Crippen molar-refractivity contribution in [1.29, 1.82) is 0 Å². The first-order valence-electron chi connectivity index (χ1n) is 5.15. The predicted molar refractivity (Wildman–Crippen MR) is 55.5 cm³/mol. The summed E-state index contributed by atoms with van der Waals surface area (Å²) in [4.78, 5) is 0. The minimum absolute atomic E-state index is 0.564. The number of benzene rings is 1. The van der Waals surface area contributed by atoms with Gasteiger partial charge in [0.25, 0.3) is 0 Å². The Morgan fingerprint density at radius 3 is 2.69 bits per heavy atom.